The topological polar surface area (TPSA) is 42.0 Å². The van der Waals surface area contributed by atoms with Crippen molar-refractivity contribution in [2.45, 2.75) is 38.1 Å². The van der Waals surface area contributed by atoms with E-state index in [4.69, 9.17) is 9.47 Å². The monoisotopic (exact) mass is 406 g/mol. The minimum atomic E-state index is 0.0433. The Balaban J connectivity index is 1.27. The predicted octanol–water partition coefficient (Wildman–Crippen LogP) is 3.90. The molecular formula is C25H30N2O3. The molecule has 2 fully saturated rings. The molecule has 2 heterocycles. The summed E-state index contributed by atoms with van der Waals surface area (Å²) in [5.74, 6) is 1.60. The van der Waals surface area contributed by atoms with Crippen LogP contribution in [0.1, 0.15) is 40.7 Å². The molecule has 5 heteroatoms. The van der Waals surface area contributed by atoms with Crippen molar-refractivity contribution in [1.82, 2.24) is 9.80 Å². The van der Waals surface area contributed by atoms with E-state index in [0.717, 1.165) is 31.2 Å². The van der Waals surface area contributed by atoms with Gasteiger partial charge in [-0.15, -0.1) is 0 Å². The molecule has 0 radical (unpaired) electrons. The van der Waals surface area contributed by atoms with Crippen molar-refractivity contribution in [1.29, 1.82) is 0 Å². The van der Waals surface area contributed by atoms with Crippen molar-refractivity contribution < 1.29 is 14.3 Å². The fraction of sp³-hybridized carbons (Fsp3) is 0.480. The summed E-state index contributed by atoms with van der Waals surface area (Å²) in [5.41, 5.74) is 3.51. The number of nitrogens with zero attached hydrogens (tertiary/aromatic N) is 2. The van der Waals surface area contributed by atoms with Crippen LogP contribution in [0.3, 0.4) is 0 Å². The number of carbonyl (C=O) groups is 1. The fourth-order valence-corrected chi connectivity index (χ4v) is 4.68. The van der Waals surface area contributed by atoms with Gasteiger partial charge >= 0.3 is 0 Å². The van der Waals surface area contributed by atoms with Gasteiger partial charge in [0.15, 0.2) is 0 Å². The molecule has 2 aromatic rings. The Morgan fingerprint density at radius 3 is 2.43 bits per heavy atom. The van der Waals surface area contributed by atoms with Crippen LogP contribution >= 0.6 is 0 Å². The lowest BCUT2D eigenvalue weighted by Crippen LogP contribution is -2.41. The number of ether oxygens (including phenoxy) is 2. The molecule has 0 aromatic heterocycles. The third-order valence-electron chi connectivity index (χ3n) is 6.72. The van der Waals surface area contributed by atoms with E-state index >= 15 is 0 Å². The summed E-state index contributed by atoms with van der Waals surface area (Å²) in [5, 5.41) is 0. The number of hydrogen-bond donors (Lipinski definition) is 0. The minimum Gasteiger partial charge on any atom is -0.457 e. The molecule has 0 unspecified atom stereocenters. The highest BCUT2D eigenvalue weighted by Gasteiger charge is 2.26. The molecule has 1 saturated heterocycles. The number of fused-ring (bicyclic) bond motifs is 1. The highest BCUT2D eigenvalue weighted by atomic mass is 16.5. The van der Waals surface area contributed by atoms with Crippen LogP contribution in [0, 0.1) is 0 Å². The zero-order chi connectivity index (χ0) is 20.3. The molecule has 1 aliphatic carbocycles. The molecule has 2 aliphatic heterocycles. The van der Waals surface area contributed by atoms with Crippen LogP contribution in [0.5, 0.6) is 11.5 Å². The number of benzene rings is 2. The highest BCUT2D eigenvalue weighted by molar-refractivity contribution is 5.94. The summed E-state index contributed by atoms with van der Waals surface area (Å²) in [6, 6.07) is 14.8. The molecule has 0 spiro atoms. The molecule has 5 rings (SSSR count). The van der Waals surface area contributed by atoms with E-state index in [1.165, 1.54) is 36.9 Å². The van der Waals surface area contributed by atoms with E-state index < -0.39 is 0 Å². The number of amides is 1. The maximum atomic E-state index is 12.8. The van der Waals surface area contributed by atoms with Gasteiger partial charge in [0.2, 0.25) is 0 Å². The first-order chi connectivity index (χ1) is 14.8. The quantitative estimate of drug-likeness (QED) is 0.772. The Labute approximate surface area is 178 Å². The van der Waals surface area contributed by atoms with Crippen molar-refractivity contribution in [3.63, 3.8) is 0 Å². The van der Waals surface area contributed by atoms with Gasteiger partial charge in [0.1, 0.15) is 11.5 Å². The van der Waals surface area contributed by atoms with Crippen LogP contribution in [0.15, 0.2) is 42.5 Å². The second kappa shape index (κ2) is 8.78. The maximum absolute atomic E-state index is 12.8. The summed E-state index contributed by atoms with van der Waals surface area (Å²) in [7, 11) is 0. The predicted molar refractivity (Wildman–Crippen MR) is 116 cm³/mol. The van der Waals surface area contributed by atoms with Crippen molar-refractivity contribution in [3.8, 4) is 11.5 Å². The van der Waals surface area contributed by atoms with Crippen LogP contribution in [-0.4, -0.2) is 61.1 Å². The van der Waals surface area contributed by atoms with Gasteiger partial charge in [-0.25, -0.2) is 0 Å². The van der Waals surface area contributed by atoms with Gasteiger partial charge in [0, 0.05) is 37.8 Å². The molecule has 1 amide bonds. The van der Waals surface area contributed by atoms with E-state index in [0.29, 0.717) is 37.6 Å². The van der Waals surface area contributed by atoms with Gasteiger partial charge in [-0.1, -0.05) is 18.6 Å². The number of rotatable bonds is 4. The van der Waals surface area contributed by atoms with Gasteiger partial charge in [-0.2, -0.15) is 0 Å². The van der Waals surface area contributed by atoms with Crippen molar-refractivity contribution in [2.75, 3.05) is 39.4 Å². The molecule has 0 atom stereocenters. The summed E-state index contributed by atoms with van der Waals surface area (Å²) in [4.78, 5) is 17.3. The summed E-state index contributed by atoms with van der Waals surface area (Å²) in [6.45, 7) is 4.82. The first-order valence-electron chi connectivity index (χ1n) is 11.3. The van der Waals surface area contributed by atoms with Crippen LogP contribution < -0.4 is 4.74 Å². The molecule has 1 saturated carbocycles. The van der Waals surface area contributed by atoms with E-state index in [9.17, 15) is 4.79 Å². The molecule has 2 aromatic carbocycles. The van der Waals surface area contributed by atoms with Crippen LogP contribution in [-0.2, 0) is 17.6 Å². The lowest BCUT2D eigenvalue weighted by atomic mass is 9.91. The van der Waals surface area contributed by atoms with E-state index in [1.807, 2.05) is 29.2 Å². The molecule has 158 valence electrons. The largest absolute Gasteiger partial charge is 0.457 e. The van der Waals surface area contributed by atoms with Crippen LogP contribution in [0.2, 0.25) is 0 Å². The lowest BCUT2D eigenvalue weighted by molar-refractivity contribution is 0.0302. The zero-order valence-corrected chi connectivity index (χ0v) is 17.5. The molecule has 3 aliphatic rings. The van der Waals surface area contributed by atoms with Crippen molar-refractivity contribution in [3.05, 3.63) is 59.2 Å². The summed E-state index contributed by atoms with van der Waals surface area (Å²) >= 11 is 0. The first kappa shape index (κ1) is 19.6. The minimum absolute atomic E-state index is 0.0433. The molecular weight excluding hydrogens is 376 g/mol. The standard InChI is InChI=1S/C25H30N2O3/c28-25(27-13-15-29-16-14-27)21-3-1-6-23(18-21)30-24-8-7-19-9-11-26(22-4-2-5-22)12-10-20(19)17-24/h1,3,6-8,17-18,22H,2,4-5,9-16H2. The molecule has 30 heavy (non-hydrogen) atoms. The smallest absolute Gasteiger partial charge is 0.254 e. The SMILES string of the molecule is O=C(c1cccc(Oc2ccc3c(c2)CCN(C2CCC2)CC3)c1)N1CCOCC1. The van der Waals surface area contributed by atoms with Crippen molar-refractivity contribution >= 4 is 5.91 Å². The second-order valence-electron chi connectivity index (χ2n) is 8.59. The van der Waals surface area contributed by atoms with Crippen LogP contribution in [0.25, 0.3) is 0 Å². The van der Waals surface area contributed by atoms with Crippen molar-refractivity contribution in [2.24, 2.45) is 0 Å². The zero-order valence-electron chi connectivity index (χ0n) is 17.5. The Bertz CT molecular complexity index is 903. The second-order valence-corrected chi connectivity index (χ2v) is 8.59. The van der Waals surface area contributed by atoms with Gasteiger partial charge in [0.05, 0.1) is 13.2 Å². The highest BCUT2D eigenvalue weighted by Crippen LogP contribution is 2.30. The van der Waals surface area contributed by atoms with E-state index in [-0.39, 0.29) is 5.91 Å². The molecule has 5 nitrogen and oxygen atoms in total. The van der Waals surface area contributed by atoms with Gasteiger partial charge in [0.25, 0.3) is 5.91 Å². The van der Waals surface area contributed by atoms with Gasteiger partial charge in [-0.3, -0.25) is 9.69 Å². The average molecular weight is 407 g/mol. The van der Waals surface area contributed by atoms with Gasteiger partial charge in [-0.05, 0) is 67.1 Å². The number of hydrogen-bond acceptors (Lipinski definition) is 4. The fourth-order valence-electron chi connectivity index (χ4n) is 4.68. The third-order valence-corrected chi connectivity index (χ3v) is 6.72. The number of morpholine rings is 1. The maximum Gasteiger partial charge on any atom is 0.254 e. The molecule has 0 N–H and O–H groups in total. The van der Waals surface area contributed by atoms with E-state index in [2.05, 4.69) is 23.1 Å². The Hall–Kier alpha value is -2.37. The molecule has 0 bridgehead atoms. The summed E-state index contributed by atoms with van der Waals surface area (Å²) < 4.78 is 11.5. The van der Waals surface area contributed by atoms with Gasteiger partial charge < -0.3 is 14.4 Å². The first-order valence-corrected chi connectivity index (χ1v) is 11.3. The Morgan fingerprint density at radius 2 is 1.67 bits per heavy atom. The van der Waals surface area contributed by atoms with Crippen LogP contribution in [0.4, 0.5) is 0 Å². The Kier molecular flexibility index (Phi) is 5.73. The summed E-state index contributed by atoms with van der Waals surface area (Å²) in [6.07, 6.45) is 6.32. The average Bonchev–Trinajstić information content (AvgIpc) is 2.95. The number of carbonyl (C=O) groups excluding carboxylic acids is 1. The lowest BCUT2D eigenvalue weighted by Gasteiger charge is -2.36. The third kappa shape index (κ3) is 4.23. The Morgan fingerprint density at radius 1 is 0.900 bits per heavy atom. The normalized spacial score (nSPS) is 20.2. The van der Waals surface area contributed by atoms with E-state index in [1.54, 1.807) is 0 Å².